The molecule has 0 saturated heterocycles. The molecular weight excluding hydrogens is 232 g/mol. The van der Waals surface area contributed by atoms with E-state index < -0.39 is 0 Å². The van der Waals surface area contributed by atoms with Crippen molar-refractivity contribution in [3.63, 3.8) is 0 Å². The lowest BCUT2D eigenvalue weighted by Crippen LogP contribution is -2.36. The monoisotopic (exact) mass is 248 g/mol. The Bertz CT molecular complexity index is 504. The van der Waals surface area contributed by atoms with Gasteiger partial charge in [0.2, 0.25) is 0 Å². The first-order valence-electron chi connectivity index (χ1n) is 5.74. The first-order chi connectivity index (χ1) is 8.65. The Morgan fingerprint density at radius 1 is 1.50 bits per heavy atom. The summed E-state index contributed by atoms with van der Waals surface area (Å²) in [6.07, 6.45) is 1.64. The van der Waals surface area contributed by atoms with Crippen molar-refractivity contribution in [3.05, 3.63) is 41.6 Å². The fourth-order valence-corrected chi connectivity index (χ4v) is 1.56. The molecule has 0 aliphatic heterocycles. The van der Waals surface area contributed by atoms with E-state index in [1.54, 1.807) is 12.3 Å². The number of H-pyrrole nitrogens is 1. The first-order valence-corrected chi connectivity index (χ1v) is 5.74. The van der Waals surface area contributed by atoms with Gasteiger partial charge in [-0.05, 0) is 32.0 Å². The fraction of sp³-hybridized carbons (Fsp3) is 0.333. The van der Waals surface area contributed by atoms with E-state index in [4.69, 9.17) is 4.42 Å². The van der Waals surface area contributed by atoms with Crippen molar-refractivity contribution in [2.24, 2.45) is 0 Å². The third-order valence-corrected chi connectivity index (χ3v) is 2.53. The van der Waals surface area contributed by atoms with Crippen LogP contribution in [0.15, 0.2) is 28.8 Å². The molecule has 6 nitrogen and oxygen atoms in total. The molecule has 2 amide bonds. The zero-order valence-corrected chi connectivity index (χ0v) is 10.4. The van der Waals surface area contributed by atoms with Crippen molar-refractivity contribution in [1.29, 1.82) is 0 Å². The molecule has 0 radical (unpaired) electrons. The standard InChI is InChI=1S/C12H16N4O2/c1-8-3-4-11(18-8)9(2)15-12(17)13-7-10-5-6-14-16-10/h3-6,9H,7H2,1-2H3,(H,14,16)(H2,13,15,17)/t9-/m1/s1. The van der Waals surface area contributed by atoms with Crippen LogP contribution in [-0.4, -0.2) is 16.2 Å². The summed E-state index contributed by atoms with van der Waals surface area (Å²) in [5.74, 6) is 1.57. The van der Waals surface area contributed by atoms with Crippen LogP contribution in [0.1, 0.15) is 30.2 Å². The van der Waals surface area contributed by atoms with Crippen LogP contribution in [0.3, 0.4) is 0 Å². The summed E-state index contributed by atoms with van der Waals surface area (Å²) < 4.78 is 5.44. The van der Waals surface area contributed by atoms with Gasteiger partial charge < -0.3 is 15.1 Å². The number of rotatable bonds is 4. The van der Waals surface area contributed by atoms with Gasteiger partial charge in [0.1, 0.15) is 11.5 Å². The van der Waals surface area contributed by atoms with Gasteiger partial charge in [0.15, 0.2) is 0 Å². The molecule has 2 aromatic rings. The molecule has 2 heterocycles. The van der Waals surface area contributed by atoms with Crippen molar-refractivity contribution in [2.75, 3.05) is 0 Å². The second-order valence-corrected chi connectivity index (χ2v) is 4.08. The summed E-state index contributed by atoms with van der Waals surface area (Å²) >= 11 is 0. The Morgan fingerprint density at radius 2 is 2.33 bits per heavy atom. The van der Waals surface area contributed by atoms with E-state index in [0.717, 1.165) is 17.2 Å². The largest absolute Gasteiger partial charge is 0.464 e. The van der Waals surface area contributed by atoms with Crippen molar-refractivity contribution in [3.8, 4) is 0 Å². The molecule has 0 spiro atoms. The summed E-state index contributed by atoms with van der Waals surface area (Å²) in [5.41, 5.74) is 0.853. The number of aryl methyl sites for hydroxylation is 1. The Hall–Kier alpha value is -2.24. The van der Waals surface area contributed by atoms with E-state index in [0.29, 0.717) is 6.54 Å². The van der Waals surface area contributed by atoms with Crippen LogP contribution >= 0.6 is 0 Å². The molecule has 0 aromatic carbocycles. The van der Waals surface area contributed by atoms with Gasteiger partial charge >= 0.3 is 6.03 Å². The molecule has 6 heteroatoms. The highest BCUT2D eigenvalue weighted by Gasteiger charge is 2.12. The predicted molar refractivity (Wildman–Crippen MR) is 65.8 cm³/mol. The maximum absolute atomic E-state index is 11.6. The topological polar surface area (TPSA) is 83.0 Å². The van der Waals surface area contributed by atoms with Crippen molar-refractivity contribution in [2.45, 2.75) is 26.4 Å². The number of nitrogens with zero attached hydrogens (tertiary/aromatic N) is 1. The van der Waals surface area contributed by atoms with Gasteiger partial charge in [-0.2, -0.15) is 5.10 Å². The van der Waals surface area contributed by atoms with Gasteiger partial charge in [-0.3, -0.25) is 5.10 Å². The quantitative estimate of drug-likeness (QED) is 0.772. The number of carbonyl (C=O) groups excluding carboxylic acids is 1. The highest BCUT2D eigenvalue weighted by atomic mass is 16.3. The number of hydrogen-bond donors (Lipinski definition) is 3. The minimum atomic E-state index is -0.244. The summed E-state index contributed by atoms with van der Waals surface area (Å²) in [4.78, 5) is 11.6. The Labute approximate surface area is 105 Å². The Morgan fingerprint density at radius 3 is 2.94 bits per heavy atom. The summed E-state index contributed by atoms with van der Waals surface area (Å²) in [5, 5.41) is 12.1. The highest BCUT2D eigenvalue weighted by Crippen LogP contribution is 2.15. The number of nitrogens with one attached hydrogen (secondary N) is 3. The summed E-state index contributed by atoms with van der Waals surface area (Å²) in [6, 6.07) is 5.12. The van der Waals surface area contributed by atoms with Crippen molar-refractivity contribution >= 4 is 6.03 Å². The van der Waals surface area contributed by atoms with Crippen LogP contribution in [0.25, 0.3) is 0 Å². The number of aromatic nitrogens is 2. The number of furan rings is 1. The van der Waals surface area contributed by atoms with Gasteiger partial charge in [-0.15, -0.1) is 0 Å². The number of amides is 2. The van der Waals surface area contributed by atoms with E-state index in [9.17, 15) is 4.79 Å². The normalized spacial score (nSPS) is 12.1. The third-order valence-electron chi connectivity index (χ3n) is 2.53. The number of carbonyl (C=O) groups is 1. The molecule has 18 heavy (non-hydrogen) atoms. The van der Waals surface area contributed by atoms with Crippen LogP contribution in [0.2, 0.25) is 0 Å². The average molecular weight is 248 g/mol. The minimum absolute atomic E-state index is 0.166. The number of urea groups is 1. The van der Waals surface area contributed by atoms with E-state index in [-0.39, 0.29) is 12.1 Å². The second kappa shape index (κ2) is 5.39. The van der Waals surface area contributed by atoms with E-state index in [1.807, 2.05) is 26.0 Å². The molecule has 0 fully saturated rings. The Balaban J connectivity index is 1.80. The van der Waals surface area contributed by atoms with Crippen molar-refractivity contribution in [1.82, 2.24) is 20.8 Å². The molecule has 0 bridgehead atoms. The maximum Gasteiger partial charge on any atom is 0.315 e. The van der Waals surface area contributed by atoms with Gasteiger partial charge in [0.25, 0.3) is 0 Å². The van der Waals surface area contributed by atoms with Crippen LogP contribution < -0.4 is 10.6 Å². The zero-order valence-electron chi connectivity index (χ0n) is 10.4. The smallest absolute Gasteiger partial charge is 0.315 e. The molecule has 2 rings (SSSR count). The van der Waals surface area contributed by atoms with Gasteiger partial charge in [0.05, 0.1) is 18.3 Å². The maximum atomic E-state index is 11.6. The van der Waals surface area contributed by atoms with Gasteiger partial charge in [0, 0.05) is 6.20 Å². The van der Waals surface area contributed by atoms with Crippen LogP contribution in [0.4, 0.5) is 4.79 Å². The predicted octanol–water partition coefficient (Wildman–Crippen LogP) is 1.87. The zero-order chi connectivity index (χ0) is 13.0. The molecule has 2 aromatic heterocycles. The van der Waals surface area contributed by atoms with Gasteiger partial charge in [-0.1, -0.05) is 0 Å². The second-order valence-electron chi connectivity index (χ2n) is 4.08. The van der Waals surface area contributed by atoms with Gasteiger partial charge in [-0.25, -0.2) is 4.79 Å². The van der Waals surface area contributed by atoms with Crippen LogP contribution in [-0.2, 0) is 6.54 Å². The molecule has 1 atom stereocenters. The summed E-state index contributed by atoms with van der Waals surface area (Å²) in [7, 11) is 0. The number of hydrogen-bond acceptors (Lipinski definition) is 3. The SMILES string of the molecule is Cc1ccc([C@@H](C)NC(=O)NCc2ccn[nH]2)o1. The highest BCUT2D eigenvalue weighted by molar-refractivity contribution is 5.74. The molecule has 0 aliphatic carbocycles. The number of aromatic amines is 1. The van der Waals surface area contributed by atoms with E-state index in [1.165, 1.54) is 0 Å². The minimum Gasteiger partial charge on any atom is -0.464 e. The molecular formula is C12H16N4O2. The lowest BCUT2D eigenvalue weighted by atomic mass is 10.2. The van der Waals surface area contributed by atoms with E-state index in [2.05, 4.69) is 20.8 Å². The Kier molecular flexibility index (Phi) is 3.66. The van der Waals surface area contributed by atoms with Crippen molar-refractivity contribution < 1.29 is 9.21 Å². The lowest BCUT2D eigenvalue weighted by Gasteiger charge is -2.12. The van der Waals surface area contributed by atoms with E-state index >= 15 is 0 Å². The average Bonchev–Trinajstić information content (AvgIpc) is 2.97. The molecule has 0 saturated carbocycles. The lowest BCUT2D eigenvalue weighted by molar-refractivity contribution is 0.235. The first kappa shape index (κ1) is 12.2. The third kappa shape index (κ3) is 3.13. The molecule has 3 N–H and O–H groups in total. The molecule has 0 aliphatic rings. The fourth-order valence-electron chi connectivity index (χ4n) is 1.56. The van der Waals surface area contributed by atoms with Crippen LogP contribution in [0, 0.1) is 6.92 Å². The molecule has 96 valence electrons. The molecule has 0 unspecified atom stereocenters. The summed E-state index contributed by atoms with van der Waals surface area (Å²) in [6.45, 7) is 4.15. The van der Waals surface area contributed by atoms with Crippen LogP contribution in [0.5, 0.6) is 0 Å².